The number of aromatic nitrogens is 1. The van der Waals surface area contributed by atoms with E-state index < -0.39 is 0 Å². The first kappa shape index (κ1) is 13.5. The molecular formula is C15H17FN2O. The van der Waals surface area contributed by atoms with Crippen LogP contribution in [0.5, 0.6) is 0 Å². The summed E-state index contributed by atoms with van der Waals surface area (Å²) in [5, 5.41) is 9.06. The van der Waals surface area contributed by atoms with Crippen LogP contribution in [0.4, 0.5) is 10.2 Å². The van der Waals surface area contributed by atoms with Crippen LogP contribution in [-0.2, 0) is 13.2 Å². The van der Waals surface area contributed by atoms with Gasteiger partial charge in [0.05, 0.1) is 6.61 Å². The monoisotopic (exact) mass is 260 g/mol. The fraction of sp³-hybridized carbons (Fsp3) is 0.267. The lowest BCUT2D eigenvalue weighted by atomic mass is 10.2. The van der Waals surface area contributed by atoms with Crippen molar-refractivity contribution in [3.05, 3.63) is 59.0 Å². The van der Waals surface area contributed by atoms with Crippen LogP contribution in [0.15, 0.2) is 36.5 Å². The van der Waals surface area contributed by atoms with Crippen molar-refractivity contribution in [2.45, 2.75) is 20.1 Å². The summed E-state index contributed by atoms with van der Waals surface area (Å²) in [4.78, 5) is 6.36. The van der Waals surface area contributed by atoms with Crippen LogP contribution in [0, 0.1) is 12.7 Å². The molecule has 0 fully saturated rings. The minimum absolute atomic E-state index is 0.00417. The molecule has 0 bridgehead atoms. The first-order chi connectivity index (χ1) is 9.10. The van der Waals surface area contributed by atoms with E-state index in [0.29, 0.717) is 6.54 Å². The summed E-state index contributed by atoms with van der Waals surface area (Å²) < 4.78 is 12.8. The van der Waals surface area contributed by atoms with Crippen molar-refractivity contribution in [1.82, 2.24) is 4.98 Å². The molecule has 2 aromatic rings. The van der Waals surface area contributed by atoms with Crippen molar-refractivity contribution in [2.75, 3.05) is 11.9 Å². The van der Waals surface area contributed by atoms with Gasteiger partial charge in [0.15, 0.2) is 0 Å². The number of pyridine rings is 1. The van der Waals surface area contributed by atoms with Crippen LogP contribution in [0.3, 0.4) is 0 Å². The molecule has 1 N–H and O–H groups in total. The molecule has 0 unspecified atom stereocenters. The summed E-state index contributed by atoms with van der Waals surface area (Å²) in [7, 11) is 1.94. The van der Waals surface area contributed by atoms with Crippen molar-refractivity contribution in [1.29, 1.82) is 0 Å². The molecule has 0 amide bonds. The van der Waals surface area contributed by atoms with E-state index in [0.717, 1.165) is 22.5 Å². The maximum atomic E-state index is 12.8. The average molecular weight is 260 g/mol. The minimum Gasteiger partial charge on any atom is -0.392 e. The standard InChI is InChI=1S/C15H17FN2O/c1-11-7-13(10-19)8-17-15(11)18(2)9-12-3-5-14(16)6-4-12/h3-8,19H,9-10H2,1-2H3. The number of nitrogens with zero attached hydrogens (tertiary/aromatic N) is 2. The van der Waals surface area contributed by atoms with Gasteiger partial charge < -0.3 is 10.0 Å². The van der Waals surface area contributed by atoms with Gasteiger partial charge in [0.2, 0.25) is 0 Å². The molecule has 100 valence electrons. The van der Waals surface area contributed by atoms with E-state index in [1.54, 1.807) is 18.3 Å². The first-order valence-electron chi connectivity index (χ1n) is 6.12. The molecule has 19 heavy (non-hydrogen) atoms. The number of aryl methyl sites for hydroxylation is 1. The predicted molar refractivity (Wildman–Crippen MR) is 73.4 cm³/mol. The number of rotatable bonds is 4. The van der Waals surface area contributed by atoms with Gasteiger partial charge >= 0.3 is 0 Å². The van der Waals surface area contributed by atoms with E-state index in [2.05, 4.69) is 4.98 Å². The lowest BCUT2D eigenvalue weighted by molar-refractivity contribution is 0.281. The lowest BCUT2D eigenvalue weighted by Gasteiger charge is -2.20. The zero-order valence-electron chi connectivity index (χ0n) is 11.1. The van der Waals surface area contributed by atoms with E-state index >= 15 is 0 Å². The smallest absolute Gasteiger partial charge is 0.131 e. The fourth-order valence-electron chi connectivity index (χ4n) is 2.05. The van der Waals surface area contributed by atoms with Gasteiger partial charge in [-0.3, -0.25) is 0 Å². The zero-order valence-corrected chi connectivity index (χ0v) is 11.1. The Morgan fingerprint density at radius 3 is 2.47 bits per heavy atom. The highest BCUT2D eigenvalue weighted by Crippen LogP contribution is 2.19. The van der Waals surface area contributed by atoms with E-state index in [9.17, 15) is 4.39 Å². The summed E-state index contributed by atoms with van der Waals surface area (Å²) in [5.74, 6) is 0.634. The van der Waals surface area contributed by atoms with Gasteiger partial charge in [0, 0.05) is 19.8 Å². The number of halogens is 1. The highest BCUT2D eigenvalue weighted by molar-refractivity contribution is 5.47. The van der Waals surface area contributed by atoms with Gasteiger partial charge in [-0.15, -0.1) is 0 Å². The maximum absolute atomic E-state index is 12.8. The van der Waals surface area contributed by atoms with Gasteiger partial charge in [-0.25, -0.2) is 9.37 Å². The molecule has 3 nitrogen and oxygen atoms in total. The van der Waals surface area contributed by atoms with Gasteiger partial charge in [0.1, 0.15) is 11.6 Å². The number of anilines is 1. The second-order valence-electron chi connectivity index (χ2n) is 4.62. The Bertz CT molecular complexity index is 555. The second-order valence-corrected chi connectivity index (χ2v) is 4.62. The highest BCUT2D eigenvalue weighted by Gasteiger charge is 2.08. The Morgan fingerprint density at radius 1 is 1.21 bits per heavy atom. The molecule has 0 saturated carbocycles. The third kappa shape index (κ3) is 3.29. The molecule has 0 aliphatic carbocycles. The molecule has 0 atom stereocenters. The summed E-state index contributed by atoms with van der Waals surface area (Å²) in [6, 6.07) is 8.37. The van der Waals surface area contributed by atoms with Gasteiger partial charge in [-0.1, -0.05) is 12.1 Å². The van der Waals surface area contributed by atoms with Gasteiger partial charge in [-0.2, -0.15) is 0 Å². The highest BCUT2D eigenvalue weighted by atomic mass is 19.1. The molecule has 2 rings (SSSR count). The van der Waals surface area contributed by atoms with Crippen molar-refractivity contribution < 1.29 is 9.50 Å². The Labute approximate surface area is 112 Å². The summed E-state index contributed by atoms with van der Waals surface area (Å²) >= 11 is 0. The normalized spacial score (nSPS) is 10.5. The van der Waals surface area contributed by atoms with Crippen LogP contribution in [0.2, 0.25) is 0 Å². The molecule has 0 aliphatic rings. The number of hydrogen-bond acceptors (Lipinski definition) is 3. The molecule has 0 spiro atoms. The molecule has 0 radical (unpaired) electrons. The minimum atomic E-state index is -0.229. The molecule has 1 aromatic heterocycles. The van der Waals surface area contributed by atoms with Crippen LogP contribution in [0.25, 0.3) is 0 Å². The maximum Gasteiger partial charge on any atom is 0.131 e. The van der Waals surface area contributed by atoms with Crippen molar-refractivity contribution in [2.24, 2.45) is 0 Å². The van der Waals surface area contributed by atoms with Crippen LogP contribution in [-0.4, -0.2) is 17.1 Å². The van der Waals surface area contributed by atoms with E-state index in [1.165, 1.54) is 12.1 Å². The zero-order chi connectivity index (χ0) is 13.8. The van der Waals surface area contributed by atoms with Crippen molar-refractivity contribution >= 4 is 5.82 Å². The summed E-state index contributed by atoms with van der Waals surface area (Å²) in [6.07, 6.45) is 1.67. The molecule has 0 saturated heterocycles. The van der Waals surface area contributed by atoms with E-state index in [4.69, 9.17) is 5.11 Å². The Morgan fingerprint density at radius 2 is 1.89 bits per heavy atom. The first-order valence-corrected chi connectivity index (χ1v) is 6.12. The topological polar surface area (TPSA) is 36.4 Å². The van der Waals surface area contributed by atoms with Crippen LogP contribution < -0.4 is 4.90 Å². The van der Waals surface area contributed by atoms with Gasteiger partial charge in [0.25, 0.3) is 0 Å². The number of aliphatic hydroxyl groups is 1. The summed E-state index contributed by atoms with van der Waals surface area (Å²) in [6.45, 7) is 2.62. The Hall–Kier alpha value is -1.94. The average Bonchev–Trinajstić information content (AvgIpc) is 2.41. The molecule has 4 heteroatoms. The number of benzene rings is 1. The Balaban J connectivity index is 2.15. The van der Waals surface area contributed by atoms with Crippen molar-refractivity contribution in [3.8, 4) is 0 Å². The number of hydrogen-bond donors (Lipinski definition) is 1. The third-order valence-corrected chi connectivity index (χ3v) is 2.98. The SMILES string of the molecule is Cc1cc(CO)cnc1N(C)Cc1ccc(F)cc1. The van der Waals surface area contributed by atoms with Crippen molar-refractivity contribution in [3.63, 3.8) is 0 Å². The molecule has 0 aliphatic heterocycles. The Kier molecular flexibility index (Phi) is 4.12. The predicted octanol–water partition coefficient (Wildman–Crippen LogP) is 2.66. The quantitative estimate of drug-likeness (QED) is 0.918. The fourth-order valence-corrected chi connectivity index (χ4v) is 2.05. The van der Waals surface area contributed by atoms with Crippen LogP contribution >= 0.6 is 0 Å². The number of aliphatic hydroxyl groups excluding tert-OH is 1. The molecule has 1 heterocycles. The van der Waals surface area contributed by atoms with Crippen LogP contribution in [0.1, 0.15) is 16.7 Å². The van der Waals surface area contributed by atoms with E-state index in [-0.39, 0.29) is 12.4 Å². The van der Waals surface area contributed by atoms with Gasteiger partial charge in [-0.05, 0) is 41.8 Å². The summed E-state index contributed by atoms with van der Waals surface area (Å²) in [5.41, 5.74) is 2.84. The molecular weight excluding hydrogens is 243 g/mol. The largest absolute Gasteiger partial charge is 0.392 e. The third-order valence-electron chi connectivity index (χ3n) is 2.98. The second kappa shape index (κ2) is 5.80. The molecule has 1 aromatic carbocycles. The van der Waals surface area contributed by atoms with E-state index in [1.807, 2.05) is 24.9 Å². The lowest BCUT2D eigenvalue weighted by Crippen LogP contribution is -2.19.